The quantitative estimate of drug-likeness (QED) is 0.652. The summed E-state index contributed by atoms with van der Waals surface area (Å²) in [5.41, 5.74) is 0. The Morgan fingerprint density at radius 3 is 2.59 bits per heavy atom. The van der Waals surface area contributed by atoms with Crippen molar-refractivity contribution in [1.82, 2.24) is 15.1 Å². The molecule has 100 valence electrons. The molecule has 1 aliphatic rings. The van der Waals surface area contributed by atoms with Gasteiger partial charge in [-0.2, -0.15) is 0 Å². The van der Waals surface area contributed by atoms with Crippen molar-refractivity contribution >= 4 is 5.91 Å². The average molecular weight is 243 g/mol. The largest absolute Gasteiger partial charge is 0.395 e. The van der Waals surface area contributed by atoms with Crippen LogP contribution in [0.1, 0.15) is 12.8 Å². The summed E-state index contributed by atoms with van der Waals surface area (Å²) in [7, 11) is 4.21. The van der Waals surface area contributed by atoms with Crippen molar-refractivity contribution in [3.8, 4) is 0 Å². The fourth-order valence-electron chi connectivity index (χ4n) is 2.30. The first-order chi connectivity index (χ1) is 8.11. The van der Waals surface area contributed by atoms with Crippen LogP contribution in [0.15, 0.2) is 0 Å². The number of aliphatic hydroxyl groups is 1. The minimum atomic E-state index is 0.0106. The van der Waals surface area contributed by atoms with E-state index >= 15 is 0 Å². The van der Waals surface area contributed by atoms with Gasteiger partial charge in [0.2, 0.25) is 5.91 Å². The molecule has 0 aromatic carbocycles. The van der Waals surface area contributed by atoms with Crippen LogP contribution in [-0.4, -0.2) is 74.2 Å². The van der Waals surface area contributed by atoms with Crippen molar-refractivity contribution in [3.63, 3.8) is 0 Å². The monoisotopic (exact) mass is 243 g/mol. The van der Waals surface area contributed by atoms with Crippen LogP contribution in [-0.2, 0) is 4.79 Å². The Hall–Kier alpha value is -0.650. The third-order valence-electron chi connectivity index (χ3n) is 3.13. The number of nitrogens with zero attached hydrogens (tertiary/aromatic N) is 2. The van der Waals surface area contributed by atoms with E-state index in [0.717, 1.165) is 25.6 Å². The number of hydrogen-bond acceptors (Lipinski definition) is 4. The standard InChI is InChI=1S/C12H25N3O2/c1-14(2)9-11-3-6-15(7-4-11)10-12(17)13-5-8-16/h11,16H,3-10H2,1-2H3,(H,13,17). The summed E-state index contributed by atoms with van der Waals surface area (Å²) in [6.45, 7) is 3.99. The van der Waals surface area contributed by atoms with Gasteiger partial charge in [-0.25, -0.2) is 0 Å². The number of nitrogens with one attached hydrogen (secondary N) is 1. The highest BCUT2D eigenvalue weighted by Gasteiger charge is 2.20. The van der Waals surface area contributed by atoms with E-state index in [4.69, 9.17) is 5.11 Å². The van der Waals surface area contributed by atoms with E-state index in [-0.39, 0.29) is 12.5 Å². The van der Waals surface area contributed by atoms with Crippen molar-refractivity contribution in [2.45, 2.75) is 12.8 Å². The van der Waals surface area contributed by atoms with Crippen molar-refractivity contribution < 1.29 is 9.90 Å². The molecule has 5 heteroatoms. The molecule has 1 fully saturated rings. The van der Waals surface area contributed by atoms with Gasteiger partial charge >= 0.3 is 0 Å². The van der Waals surface area contributed by atoms with E-state index < -0.39 is 0 Å². The molecule has 1 rings (SSSR count). The van der Waals surface area contributed by atoms with Crippen LogP contribution in [0.5, 0.6) is 0 Å². The number of rotatable bonds is 6. The molecule has 1 saturated heterocycles. The predicted molar refractivity (Wildman–Crippen MR) is 67.8 cm³/mol. The lowest BCUT2D eigenvalue weighted by Crippen LogP contribution is -2.43. The van der Waals surface area contributed by atoms with Gasteiger partial charge in [0.25, 0.3) is 0 Å². The summed E-state index contributed by atoms with van der Waals surface area (Å²) >= 11 is 0. The van der Waals surface area contributed by atoms with Gasteiger partial charge in [-0.3, -0.25) is 9.69 Å². The highest BCUT2D eigenvalue weighted by molar-refractivity contribution is 5.77. The lowest BCUT2D eigenvalue weighted by molar-refractivity contribution is -0.122. The molecule has 0 spiro atoms. The summed E-state index contributed by atoms with van der Waals surface area (Å²) in [6.07, 6.45) is 2.34. The third kappa shape index (κ3) is 6.00. The van der Waals surface area contributed by atoms with Crippen LogP contribution < -0.4 is 5.32 Å². The molecule has 0 aromatic heterocycles. The first kappa shape index (κ1) is 14.4. The molecule has 2 N–H and O–H groups in total. The lowest BCUT2D eigenvalue weighted by atomic mass is 9.96. The molecule has 0 atom stereocenters. The third-order valence-corrected chi connectivity index (χ3v) is 3.13. The number of hydrogen-bond donors (Lipinski definition) is 2. The number of likely N-dealkylation sites (tertiary alicyclic amines) is 1. The Morgan fingerprint density at radius 1 is 1.41 bits per heavy atom. The molecular weight excluding hydrogens is 218 g/mol. The number of piperidine rings is 1. The van der Waals surface area contributed by atoms with Crippen molar-refractivity contribution in [2.75, 3.05) is 53.4 Å². The molecule has 0 saturated carbocycles. The van der Waals surface area contributed by atoms with Gasteiger partial charge in [0, 0.05) is 13.1 Å². The van der Waals surface area contributed by atoms with Crippen LogP contribution in [0.4, 0.5) is 0 Å². The summed E-state index contributed by atoms with van der Waals surface area (Å²) < 4.78 is 0. The van der Waals surface area contributed by atoms with Crippen molar-refractivity contribution in [3.05, 3.63) is 0 Å². The second-order valence-corrected chi connectivity index (χ2v) is 5.06. The van der Waals surface area contributed by atoms with Crippen LogP contribution in [0, 0.1) is 5.92 Å². The zero-order chi connectivity index (χ0) is 12.7. The van der Waals surface area contributed by atoms with Crippen molar-refractivity contribution in [1.29, 1.82) is 0 Å². The molecule has 0 aliphatic carbocycles. The van der Waals surface area contributed by atoms with Gasteiger partial charge in [-0.15, -0.1) is 0 Å². The fraction of sp³-hybridized carbons (Fsp3) is 0.917. The van der Waals surface area contributed by atoms with Crippen molar-refractivity contribution in [2.24, 2.45) is 5.92 Å². The topological polar surface area (TPSA) is 55.8 Å². The minimum absolute atomic E-state index is 0.0106. The maximum Gasteiger partial charge on any atom is 0.234 e. The van der Waals surface area contributed by atoms with Crippen LogP contribution in [0.2, 0.25) is 0 Å². The molecular formula is C12H25N3O2. The molecule has 1 heterocycles. The van der Waals surface area contributed by atoms with E-state index in [1.807, 2.05) is 0 Å². The Bertz CT molecular complexity index is 226. The summed E-state index contributed by atoms with van der Waals surface area (Å²) in [5.74, 6) is 0.784. The van der Waals surface area contributed by atoms with Gasteiger partial charge in [0.05, 0.1) is 13.2 Å². The zero-order valence-corrected chi connectivity index (χ0v) is 11.0. The van der Waals surface area contributed by atoms with Gasteiger partial charge in [-0.1, -0.05) is 0 Å². The average Bonchev–Trinajstić information content (AvgIpc) is 2.28. The van der Waals surface area contributed by atoms with E-state index in [2.05, 4.69) is 29.2 Å². The Labute approximate surface area is 104 Å². The smallest absolute Gasteiger partial charge is 0.234 e. The van der Waals surface area contributed by atoms with E-state index in [0.29, 0.717) is 13.1 Å². The highest BCUT2D eigenvalue weighted by atomic mass is 16.3. The van der Waals surface area contributed by atoms with E-state index in [1.54, 1.807) is 0 Å². The Kier molecular flexibility index (Phi) is 6.47. The second kappa shape index (κ2) is 7.63. The molecule has 0 radical (unpaired) electrons. The van der Waals surface area contributed by atoms with Crippen LogP contribution in [0.3, 0.4) is 0 Å². The maximum absolute atomic E-state index is 11.5. The second-order valence-electron chi connectivity index (χ2n) is 5.06. The van der Waals surface area contributed by atoms with Crippen LogP contribution in [0.25, 0.3) is 0 Å². The lowest BCUT2D eigenvalue weighted by Gasteiger charge is -2.32. The number of carbonyl (C=O) groups excluding carboxylic acids is 1. The van der Waals surface area contributed by atoms with Gasteiger partial charge in [0.15, 0.2) is 0 Å². The Morgan fingerprint density at radius 2 is 2.06 bits per heavy atom. The number of aliphatic hydroxyl groups excluding tert-OH is 1. The summed E-state index contributed by atoms with van der Waals surface area (Å²) in [6, 6.07) is 0. The first-order valence-electron chi connectivity index (χ1n) is 6.36. The summed E-state index contributed by atoms with van der Waals surface area (Å²) in [5, 5.41) is 11.3. The SMILES string of the molecule is CN(C)CC1CCN(CC(=O)NCCO)CC1. The zero-order valence-electron chi connectivity index (χ0n) is 11.0. The molecule has 17 heavy (non-hydrogen) atoms. The van der Waals surface area contributed by atoms with Crippen LogP contribution >= 0.6 is 0 Å². The maximum atomic E-state index is 11.5. The minimum Gasteiger partial charge on any atom is -0.395 e. The fourth-order valence-corrected chi connectivity index (χ4v) is 2.30. The molecule has 0 aromatic rings. The highest BCUT2D eigenvalue weighted by Crippen LogP contribution is 2.17. The molecule has 0 unspecified atom stereocenters. The first-order valence-corrected chi connectivity index (χ1v) is 6.36. The number of amides is 1. The predicted octanol–water partition coefficient (Wildman–Crippen LogP) is -0.631. The normalized spacial score (nSPS) is 18.6. The molecule has 5 nitrogen and oxygen atoms in total. The number of carbonyl (C=O) groups is 1. The van der Waals surface area contributed by atoms with Gasteiger partial charge in [0.1, 0.15) is 0 Å². The summed E-state index contributed by atoms with van der Waals surface area (Å²) in [4.78, 5) is 15.9. The van der Waals surface area contributed by atoms with E-state index in [1.165, 1.54) is 12.8 Å². The Balaban J connectivity index is 2.16. The molecule has 1 amide bonds. The van der Waals surface area contributed by atoms with E-state index in [9.17, 15) is 4.79 Å². The van der Waals surface area contributed by atoms with Gasteiger partial charge in [-0.05, 0) is 45.9 Å². The van der Waals surface area contributed by atoms with Gasteiger partial charge < -0.3 is 15.3 Å². The molecule has 1 aliphatic heterocycles. The molecule has 0 bridgehead atoms.